The van der Waals surface area contributed by atoms with Gasteiger partial charge in [-0.25, -0.2) is 0 Å². The molecule has 0 aromatic carbocycles. The monoisotopic (exact) mass is 285 g/mol. The molecule has 0 aromatic rings. The number of rotatable bonds is 6. The third-order valence-corrected chi connectivity index (χ3v) is 4.27. The van der Waals surface area contributed by atoms with Crippen LogP contribution < -0.4 is 5.32 Å². The Kier molecular flexibility index (Phi) is 6.43. The lowest BCUT2D eigenvalue weighted by molar-refractivity contribution is -0.151. The standard InChI is InChI=1S/C15H31N3O2/c1-7-16-15(5,14(19)20-8-2)11-18-9-12(3)17(6)13(4)10-18/h12-13,16H,7-11H2,1-6H3. The van der Waals surface area contributed by atoms with E-state index in [1.165, 1.54) is 0 Å². The molecule has 0 aliphatic carbocycles. The summed E-state index contributed by atoms with van der Waals surface area (Å²) in [5, 5.41) is 3.30. The smallest absolute Gasteiger partial charge is 0.327 e. The molecule has 1 rings (SSSR count). The second kappa shape index (κ2) is 7.38. The summed E-state index contributed by atoms with van der Waals surface area (Å²) >= 11 is 0. The second-order valence-corrected chi connectivity index (χ2v) is 6.14. The van der Waals surface area contributed by atoms with Crippen LogP contribution in [0.3, 0.4) is 0 Å². The van der Waals surface area contributed by atoms with Crippen LogP contribution in [0.2, 0.25) is 0 Å². The van der Waals surface area contributed by atoms with Crippen LogP contribution in [0.4, 0.5) is 0 Å². The SMILES string of the molecule is CCNC(C)(CN1CC(C)N(C)C(C)C1)C(=O)OCC. The molecule has 20 heavy (non-hydrogen) atoms. The fourth-order valence-corrected chi connectivity index (χ4v) is 2.96. The summed E-state index contributed by atoms with van der Waals surface area (Å²) in [5.74, 6) is -0.152. The Hall–Kier alpha value is -0.650. The fourth-order valence-electron chi connectivity index (χ4n) is 2.96. The van der Waals surface area contributed by atoms with Crippen LogP contribution in [0.25, 0.3) is 0 Å². The summed E-state index contributed by atoms with van der Waals surface area (Å²) in [5.41, 5.74) is -0.625. The van der Waals surface area contributed by atoms with Crippen molar-refractivity contribution >= 4 is 5.97 Å². The number of likely N-dealkylation sites (N-methyl/N-ethyl adjacent to an activating group) is 2. The zero-order valence-electron chi connectivity index (χ0n) is 13.9. The van der Waals surface area contributed by atoms with Gasteiger partial charge in [-0.3, -0.25) is 14.6 Å². The first-order valence-corrected chi connectivity index (χ1v) is 7.70. The van der Waals surface area contributed by atoms with Gasteiger partial charge in [0, 0.05) is 31.7 Å². The highest BCUT2D eigenvalue weighted by Crippen LogP contribution is 2.17. The Morgan fingerprint density at radius 1 is 1.30 bits per heavy atom. The van der Waals surface area contributed by atoms with Crippen LogP contribution in [-0.2, 0) is 9.53 Å². The van der Waals surface area contributed by atoms with Crippen LogP contribution in [0, 0.1) is 0 Å². The number of nitrogens with zero attached hydrogens (tertiary/aromatic N) is 2. The molecule has 0 amide bonds. The highest BCUT2D eigenvalue weighted by atomic mass is 16.5. The van der Waals surface area contributed by atoms with E-state index in [4.69, 9.17) is 4.74 Å². The quantitative estimate of drug-likeness (QED) is 0.736. The molecule has 0 bridgehead atoms. The van der Waals surface area contributed by atoms with E-state index in [1.807, 2.05) is 20.8 Å². The molecule has 1 aliphatic heterocycles. The zero-order chi connectivity index (χ0) is 15.3. The molecular weight excluding hydrogens is 254 g/mol. The minimum absolute atomic E-state index is 0.152. The van der Waals surface area contributed by atoms with E-state index in [1.54, 1.807) is 0 Å². The van der Waals surface area contributed by atoms with Gasteiger partial charge in [0.2, 0.25) is 0 Å². The molecule has 3 unspecified atom stereocenters. The lowest BCUT2D eigenvalue weighted by Gasteiger charge is -2.45. The first kappa shape index (κ1) is 17.4. The minimum atomic E-state index is -0.625. The molecule has 1 saturated heterocycles. The maximum atomic E-state index is 12.2. The normalized spacial score (nSPS) is 28.1. The molecule has 0 saturated carbocycles. The molecule has 1 heterocycles. The van der Waals surface area contributed by atoms with Gasteiger partial charge in [-0.05, 0) is 41.3 Å². The second-order valence-electron chi connectivity index (χ2n) is 6.14. The Morgan fingerprint density at radius 2 is 1.85 bits per heavy atom. The van der Waals surface area contributed by atoms with Gasteiger partial charge < -0.3 is 10.1 Å². The van der Waals surface area contributed by atoms with E-state index < -0.39 is 5.54 Å². The molecule has 0 aromatic heterocycles. The molecule has 5 nitrogen and oxygen atoms in total. The first-order chi connectivity index (χ1) is 9.34. The van der Waals surface area contributed by atoms with Gasteiger partial charge >= 0.3 is 5.97 Å². The number of carbonyl (C=O) groups is 1. The third-order valence-electron chi connectivity index (χ3n) is 4.27. The summed E-state index contributed by atoms with van der Waals surface area (Å²) in [7, 11) is 2.17. The zero-order valence-corrected chi connectivity index (χ0v) is 13.9. The molecular formula is C15H31N3O2. The predicted octanol–water partition coefficient (Wildman–Crippen LogP) is 0.942. The van der Waals surface area contributed by atoms with E-state index in [0.29, 0.717) is 25.2 Å². The van der Waals surface area contributed by atoms with Crippen molar-refractivity contribution in [3.63, 3.8) is 0 Å². The van der Waals surface area contributed by atoms with Crippen molar-refractivity contribution in [3.8, 4) is 0 Å². The van der Waals surface area contributed by atoms with Gasteiger partial charge in [0.25, 0.3) is 0 Å². The van der Waals surface area contributed by atoms with E-state index in [2.05, 4.69) is 36.0 Å². The number of piperazine rings is 1. The molecule has 1 fully saturated rings. The Labute approximate surface area is 123 Å². The summed E-state index contributed by atoms with van der Waals surface area (Å²) in [6.45, 7) is 14.1. The minimum Gasteiger partial charge on any atom is -0.465 e. The van der Waals surface area contributed by atoms with Gasteiger partial charge in [-0.15, -0.1) is 0 Å². The number of nitrogens with one attached hydrogen (secondary N) is 1. The van der Waals surface area contributed by atoms with Crippen LogP contribution in [-0.4, -0.2) is 73.2 Å². The van der Waals surface area contributed by atoms with Crippen LogP contribution in [0.15, 0.2) is 0 Å². The summed E-state index contributed by atoms with van der Waals surface area (Å²) < 4.78 is 5.24. The summed E-state index contributed by atoms with van der Waals surface area (Å²) in [6, 6.07) is 1.01. The molecule has 118 valence electrons. The van der Waals surface area contributed by atoms with Crippen molar-refractivity contribution in [2.75, 3.05) is 39.8 Å². The van der Waals surface area contributed by atoms with E-state index in [0.717, 1.165) is 19.6 Å². The summed E-state index contributed by atoms with van der Waals surface area (Å²) in [4.78, 5) is 17.0. The Bertz CT molecular complexity index is 312. The maximum Gasteiger partial charge on any atom is 0.327 e. The molecule has 3 atom stereocenters. The number of carbonyl (C=O) groups excluding carboxylic acids is 1. The van der Waals surface area contributed by atoms with Gasteiger partial charge in [-0.2, -0.15) is 0 Å². The average molecular weight is 285 g/mol. The van der Waals surface area contributed by atoms with Crippen LogP contribution >= 0.6 is 0 Å². The van der Waals surface area contributed by atoms with Gasteiger partial charge in [0.05, 0.1) is 6.61 Å². The lowest BCUT2D eigenvalue weighted by Crippen LogP contribution is -2.62. The topological polar surface area (TPSA) is 44.8 Å². The molecule has 1 N–H and O–H groups in total. The number of ether oxygens (including phenoxy) is 1. The average Bonchev–Trinajstić information content (AvgIpc) is 2.36. The first-order valence-electron chi connectivity index (χ1n) is 7.70. The van der Waals surface area contributed by atoms with Crippen molar-refractivity contribution < 1.29 is 9.53 Å². The highest BCUT2D eigenvalue weighted by molar-refractivity contribution is 5.80. The van der Waals surface area contributed by atoms with Crippen molar-refractivity contribution in [1.29, 1.82) is 0 Å². The Morgan fingerprint density at radius 3 is 2.30 bits per heavy atom. The predicted molar refractivity (Wildman–Crippen MR) is 81.8 cm³/mol. The van der Waals surface area contributed by atoms with Crippen LogP contribution in [0.1, 0.15) is 34.6 Å². The van der Waals surface area contributed by atoms with Gasteiger partial charge in [-0.1, -0.05) is 6.92 Å². The van der Waals surface area contributed by atoms with Crippen molar-refractivity contribution in [3.05, 3.63) is 0 Å². The van der Waals surface area contributed by atoms with E-state index in [9.17, 15) is 4.79 Å². The highest BCUT2D eigenvalue weighted by Gasteiger charge is 2.38. The molecule has 5 heteroatoms. The van der Waals surface area contributed by atoms with Crippen LogP contribution in [0.5, 0.6) is 0 Å². The molecule has 0 radical (unpaired) electrons. The number of esters is 1. The number of hydrogen-bond donors (Lipinski definition) is 1. The van der Waals surface area contributed by atoms with Gasteiger partial charge in [0.15, 0.2) is 0 Å². The fraction of sp³-hybridized carbons (Fsp3) is 0.933. The van der Waals surface area contributed by atoms with E-state index >= 15 is 0 Å². The van der Waals surface area contributed by atoms with Crippen molar-refractivity contribution in [2.45, 2.75) is 52.2 Å². The summed E-state index contributed by atoms with van der Waals surface area (Å²) in [6.07, 6.45) is 0. The lowest BCUT2D eigenvalue weighted by atomic mass is 9.99. The van der Waals surface area contributed by atoms with Gasteiger partial charge in [0.1, 0.15) is 5.54 Å². The van der Waals surface area contributed by atoms with Crippen molar-refractivity contribution in [1.82, 2.24) is 15.1 Å². The maximum absolute atomic E-state index is 12.2. The third kappa shape index (κ3) is 4.17. The molecule has 1 aliphatic rings. The largest absolute Gasteiger partial charge is 0.465 e. The Balaban J connectivity index is 2.72. The number of hydrogen-bond acceptors (Lipinski definition) is 5. The van der Waals surface area contributed by atoms with E-state index in [-0.39, 0.29) is 5.97 Å². The van der Waals surface area contributed by atoms with Crippen molar-refractivity contribution in [2.24, 2.45) is 0 Å². The molecule has 0 spiro atoms.